The summed E-state index contributed by atoms with van der Waals surface area (Å²) < 4.78 is 10.5. The lowest BCUT2D eigenvalue weighted by atomic mass is 10.1. The van der Waals surface area contributed by atoms with Crippen LogP contribution in [0, 0.1) is 0 Å². The highest BCUT2D eigenvalue weighted by Gasteiger charge is 2.18. The van der Waals surface area contributed by atoms with Gasteiger partial charge in [0.05, 0.1) is 13.2 Å². The average molecular weight is 353 g/mol. The summed E-state index contributed by atoms with van der Waals surface area (Å²) in [6.45, 7) is 3.02. The summed E-state index contributed by atoms with van der Waals surface area (Å²) in [5.74, 6) is 1.10. The summed E-state index contributed by atoms with van der Waals surface area (Å²) in [6, 6.07) is 7.70. The zero-order valence-electron chi connectivity index (χ0n) is 13.3. The molecule has 24 heavy (non-hydrogen) atoms. The maximum Gasteiger partial charge on any atom is 0.227 e. The Morgan fingerprint density at radius 3 is 2.58 bits per heavy atom. The van der Waals surface area contributed by atoms with Crippen molar-refractivity contribution in [2.45, 2.75) is 19.4 Å². The van der Waals surface area contributed by atoms with Crippen LogP contribution in [0.15, 0.2) is 28.8 Å². The van der Waals surface area contributed by atoms with Crippen LogP contribution in [0.2, 0.25) is 0 Å². The molecule has 1 saturated heterocycles. The molecule has 0 radical (unpaired) electrons. The number of aromatic nitrogens is 2. The van der Waals surface area contributed by atoms with Crippen LogP contribution in [-0.2, 0) is 22.5 Å². The Kier molecular flexibility index (Phi) is 6.72. The first kappa shape index (κ1) is 18.4. The van der Waals surface area contributed by atoms with Gasteiger partial charge in [-0.15, -0.1) is 12.4 Å². The van der Waals surface area contributed by atoms with Crippen molar-refractivity contribution in [2.75, 3.05) is 26.3 Å². The van der Waals surface area contributed by atoms with E-state index in [9.17, 15) is 4.79 Å². The van der Waals surface area contributed by atoms with Crippen LogP contribution in [-0.4, -0.2) is 47.3 Å². The molecule has 3 rings (SSSR count). The average Bonchev–Trinajstić information content (AvgIpc) is 3.09. The van der Waals surface area contributed by atoms with Crippen molar-refractivity contribution in [3.8, 4) is 11.4 Å². The van der Waals surface area contributed by atoms with Gasteiger partial charge in [-0.2, -0.15) is 4.98 Å². The number of nitrogens with two attached hydrogens (primary N) is 1. The fraction of sp³-hybridized carbons (Fsp3) is 0.438. The largest absolute Gasteiger partial charge is 0.378 e. The molecule has 1 aliphatic heterocycles. The van der Waals surface area contributed by atoms with Crippen LogP contribution in [0.4, 0.5) is 0 Å². The lowest BCUT2D eigenvalue weighted by molar-refractivity contribution is -0.135. The van der Waals surface area contributed by atoms with E-state index in [4.69, 9.17) is 15.0 Å². The quantitative estimate of drug-likeness (QED) is 0.874. The van der Waals surface area contributed by atoms with Gasteiger partial charge in [0.2, 0.25) is 17.6 Å². The van der Waals surface area contributed by atoms with Gasteiger partial charge < -0.3 is 19.9 Å². The minimum absolute atomic E-state index is 0. The van der Waals surface area contributed by atoms with Crippen molar-refractivity contribution in [1.29, 1.82) is 0 Å². The number of nitrogens with zero attached hydrogens (tertiary/aromatic N) is 3. The second-order valence-electron chi connectivity index (χ2n) is 5.41. The topological polar surface area (TPSA) is 94.5 Å². The van der Waals surface area contributed by atoms with Crippen molar-refractivity contribution in [3.63, 3.8) is 0 Å². The minimum Gasteiger partial charge on any atom is -0.378 e. The SMILES string of the molecule is Cl.NCc1ccc(-c2noc(CCC(=O)N3CCOCC3)n2)cc1. The van der Waals surface area contributed by atoms with Crippen LogP contribution in [0.1, 0.15) is 17.9 Å². The van der Waals surface area contributed by atoms with Gasteiger partial charge in [0.1, 0.15) is 0 Å². The molecule has 7 nitrogen and oxygen atoms in total. The van der Waals surface area contributed by atoms with Gasteiger partial charge in [0, 0.05) is 38.0 Å². The molecule has 0 bridgehead atoms. The second kappa shape index (κ2) is 8.77. The zero-order chi connectivity index (χ0) is 16.1. The van der Waals surface area contributed by atoms with E-state index in [1.165, 1.54) is 0 Å². The molecule has 0 spiro atoms. The Morgan fingerprint density at radius 1 is 1.21 bits per heavy atom. The van der Waals surface area contributed by atoms with Gasteiger partial charge in [-0.25, -0.2) is 0 Å². The molecule has 2 heterocycles. The molecule has 0 saturated carbocycles. The molecule has 1 aliphatic rings. The van der Waals surface area contributed by atoms with E-state index in [-0.39, 0.29) is 18.3 Å². The number of aryl methyl sites for hydroxylation is 1. The molecule has 1 fully saturated rings. The Morgan fingerprint density at radius 2 is 1.92 bits per heavy atom. The molecule has 8 heteroatoms. The fourth-order valence-electron chi connectivity index (χ4n) is 2.45. The van der Waals surface area contributed by atoms with E-state index >= 15 is 0 Å². The molecule has 1 aromatic carbocycles. The van der Waals surface area contributed by atoms with Crippen molar-refractivity contribution in [3.05, 3.63) is 35.7 Å². The van der Waals surface area contributed by atoms with E-state index in [2.05, 4.69) is 10.1 Å². The second-order valence-corrected chi connectivity index (χ2v) is 5.41. The van der Waals surface area contributed by atoms with E-state index in [1.54, 1.807) is 0 Å². The molecular formula is C16H21ClN4O3. The number of benzene rings is 1. The predicted molar refractivity (Wildman–Crippen MR) is 90.6 cm³/mol. The highest BCUT2D eigenvalue weighted by atomic mass is 35.5. The van der Waals surface area contributed by atoms with Crippen LogP contribution in [0.3, 0.4) is 0 Å². The smallest absolute Gasteiger partial charge is 0.227 e. The monoisotopic (exact) mass is 352 g/mol. The van der Waals surface area contributed by atoms with E-state index in [0.717, 1.165) is 11.1 Å². The summed E-state index contributed by atoms with van der Waals surface area (Å²) in [4.78, 5) is 18.2. The molecule has 130 valence electrons. The number of hydrogen-bond acceptors (Lipinski definition) is 6. The number of rotatable bonds is 5. The molecule has 0 atom stereocenters. The number of carbonyl (C=O) groups is 1. The first-order chi connectivity index (χ1) is 11.3. The van der Waals surface area contributed by atoms with Crippen LogP contribution in [0.5, 0.6) is 0 Å². The fourth-order valence-corrected chi connectivity index (χ4v) is 2.45. The third kappa shape index (κ3) is 4.53. The highest BCUT2D eigenvalue weighted by molar-refractivity contribution is 5.85. The van der Waals surface area contributed by atoms with Crippen LogP contribution >= 0.6 is 12.4 Å². The van der Waals surface area contributed by atoms with Gasteiger partial charge in [-0.3, -0.25) is 4.79 Å². The summed E-state index contributed by atoms with van der Waals surface area (Å²) >= 11 is 0. The third-order valence-electron chi connectivity index (χ3n) is 3.83. The van der Waals surface area contributed by atoms with Crippen LogP contribution in [0.25, 0.3) is 11.4 Å². The van der Waals surface area contributed by atoms with Gasteiger partial charge in [-0.1, -0.05) is 29.4 Å². The van der Waals surface area contributed by atoms with E-state index in [1.807, 2.05) is 29.2 Å². The maximum atomic E-state index is 12.1. The molecule has 0 unspecified atom stereocenters. The number of halogens is 1. The Balaban J connectivity index is 0.00000208. The van der Waals surface area contributed by atoms with E-state index < -0.39 is 0 Å². The van der Waals surface area contributed by atoms with Crippen molar-refractivity contribution in [2.24, 2.45) is 5.73 Å². The summed E-state index contributed by atoms with van der Waals surface area (Å²) in [5.41, 5.74) is 7.50. The van der Waals surface area contributed by atoms with Crippen molar-refractivity contribution in [1.82, 2.24) is 15.0 Å². The van der Waals surface area contributed by atoms with E-state index in [0.29, 0.717) is 57.4 Å². The Bertz CT molecular complexity index is 654. The molecule has 2 N–H and O–H groups in total. The lowest BCUT2D eigenvalue weighted by Crippen LogP contribution is -2.40. The highest BCUT2D eigenvalue weighted by Crippen LogP contribution is 2.17. The molecule has 1 amide bonds. The first-order valence-electron chi connectivity index (χ1n) is 7.74. The van der Waals surface area contributed by atoms with Crippen molar-refractivity contribution < 1.29 is 14.1 Å². The molecular weight excluding hydrogens is 332 g/mol. The standard InChI is InChI=1S/C16H20N4O3.ClH/c17-11-12-1-3-13(4-2-12)16-18-14(23-19-16)5-6-15(21)20-7-9-22-10-8-20;/h1-4H,5-11,17H2;1H. The summed E-state index contributed by atoms with van der Waals surface area (Å²) in [5, 5.41) is 3.97. The summed E-state index contributed by atoms with van der Waals surface area (Å²) in [6.07, 6.45) is 0.817. The third-order valence-corrected chi connectivity index (χ3v) is 3.83. The molecule has 2 aromatic rings. The maximum absolute atomic E-state index is 12.1. The summed E-state index contributed by atoms with van der Waals surface area (Å²) in [7, 11) is 0. The van der Waals surface area contributed by atoms with Gasteiger partial charge in [0.15, 0.2) is 0 Å². The van der Waals surface area contributed by atoms with Crippen molar-refractivity contribution >= 4 is 18.3 Å². The minimum atomic E-state index is 0. The van der Waals surface area contributed by atoms with Gasteiger partial charge in [0.25, 0.3) is 0 Å². The number of amides is 1. The number of morpholine rings is 1. The van der Waals surface area contributed by atoms with Gasteiger partial charge in [-0.05, 0) is 5.56 Å². The van der Waals surface area contributed by atoms with Gasteiger partial charge >= 0.3 is 0 Å². The first-order valence-corrected chi connectivity index (χ1v) is 7.74. The Hall–Kier alpha value is -1.96. The normalized spacial score (nSPS) is 14.3. The lowest BCUT2D eigenvalue weighted by Gasteiger charge is -2.26. The number of hydrogen-bond donors (Lipinski definition) is 1. The number of ether oxygens (including phenoxy) is 1. The number of carbonyl (C=O) groups excluding carboxylic acids is 1. The predicted octanol–water partition coefficient (Wildman–Crippen LogP) is 1.41. The zero-order valence-corrected chi connectivity index (χ0v) is 14.1. The molecule has 0 aliphatic carbocycles. The molecule has 1 aromatic heterocycles. The van der Waals surface area contributed by atoms with Crippen LogP contribution < -0.4 is 5.73 Å². The Labute approximate surface area is 146 Å².